The van der Waals surface area contributed by atoms with Gasteiger partial charge in [-0.25, -0.2) is 0 Å². The summed E-state index contributed by atoms with van der Waals surface area (Å²) in [6, 6.07) is 0. The number of carbonyl (C=O) groups excluding carboxylic acids is 1. The smallest absolute Gasteiger partial charge is 0.240 e. The van der Waals surface area contributed by atoms with Crippen molar-refractivity contribution in [3.63, 3.8) is 0 Å². The van der Waals surface area contributed by atoms with Crippen LogP contribution in [0.2, 0.25) is 0 Å². The predicted octanol–water partition coefficient (Wildman–Crippen LogP) is 0.801. The lowest BCUT2D eigenvalue weighted by molar-refractivity contribution is -0.127. The summed E-state index contributed by atoms with van der Waals surface area (Å²) >= 11 is 0. The third kappa shape index (κ3) is 3.80. The molecule has 4 heteroatoms. The number of nitrogens with two attached hydrogens (primary N) is 1. The average molecular weight is 214 g/mol. The van der Waals surface area contributed by atoms with Crippen LogP contribution < -0.4 is 11.1 Å². The molecule has 4 nitrogen and oxygen atoms in total. The van der Waals surface area contributed by atoms with Crippen molar-refractivity contribution in [2.24, 2.45) is 5.73 Å². The van der Waals surface area contributed by atoms with Crippen molar-refractivity contribution in [2.75, 3.05) is 20.3 Å². The van der Waals surface area contributed by atoms with E-state index in [1.165, 1.54) is 6.42 Å². The van der Waals surface area contributed by atoms with Crippen LogP contribution in [0.25, 0.3) is 0 Å². The van der Waals surface area contributed by atoms with Crippen LogP contribution in [0.4, 0.5) is 0 Å². The molecule has 1 saturated carbocycles. The van der Waals surface area contributed by atoms with E-state index in [-0.39, 0.29) is 5.91 Å². The van der Waals surface area contributed by atoms with E-state index in [0.29, 0.717) is 13.2 Å². The van der Waals surface area contributed by atoms with Gasteiger partial charge in [0.15, 0.2) is 0 Å². The van der Waals surface area contributed by atoms with Crippen molar-refractivity contribution >= 4 is 5.91 Å². The lowest BCUT2D eigenvalue weighted by Gasteiger charge is -2.31. The molecule has 0 heterocycles. The fourth-order valence-electron chi connectivity index (χ4n) is 2.00. The van der Waals surface area contributed by atoms with Gasteiger partial charge in [0.05, 0.1) is 5.54 Å². The Morgan fingerprint density at radius 2 is 2.07 bits per heavy atom. The van der Waals surface area contributed by atoms with Gasteiger partial charge in [-0.1, -0.05) is 19.3 Å². The van der Waals surface area contributed by atoms with E-state index in [0.717, 1.165) is 32.1 Å². The molecule has 0 bridgehead atoms. The minimum Gasteiger partial charge on any atom is -0.385 e. The highest BCUT2D eigenvalue weighted by Crippen LogP contribution is 2.25. The number of hydrogen-bond donors (Lipinski definition) is 2. The molecule has 0 unspecified atom stereocenters. The monoisotopic (exact) mass is 214 g/mol. The molecule has 15 heavy (non-hydrogen) atoms. The Morgan fingerprint density at radius 3 is 2.67 bits per heavy atom. The summed E-state index contributed by atoms with van der Waals surface area (Å²) in [5, 5.41) is 2.88. The molecule has 1 amide bonds. The number of ether oxygens (including phenoxy) is 1. The molecule has 0 spiro atoms. The lowest BCUT2D eigenvalue weighted by Crippen LogP contribution is -2.55. The summed E-state index contributed by atoms with van der Waals surface area (Å²) < 4.78 is 4.91. The molecular weight excluding hydrogens is 192 g/mol. The van der Waals surface area contributed by atoms with Crippen molar-refractivity contribution in [2.45, 2.75) is 44.1 Å². The van der Waals surface area contributed by atoms with Crippen molar-refractivity contribution < 1.29 is 9.53 Å². The lowest BCUT2D eigenvalue weighted by atomic mass is 9.82. The molecule has 0 aromatic heterocycles. The molecule has 1 aliphatic carbocycles. The van der Waals surface area contributed by atoms with Crippen LogP contribution in [0.1, 0.15) is 38.5 Å². The van der Waals surface area contributed by atoms with Crippen LogP contribution >= 0.6 is 0 Å². The molecule has 0 atom stereocenters. The zero-order valence-corrected chi connectivity index (χ0v) is 9.55. The van der Waals surface area contributed by atoms with Gasteiger partial charge in [0.25, 0.3) is 0 Å². The summed E-state index contributed by atoms with van der Waals surface area (Å²) in [5.41, 5.74) is 5.47. The molecule has 0 aliphatic heterocycles. The van der Waals surface area contributed by atoms with E-state index >= 15 is 0 Å². The zero-order valence-electron chi connectivity index (χ0n) is 9.55. The molecule has 0 aromatic carbocycles. The zero-order chi connectivity index (χ0) is 11.1. The van der Waals surface area contributed by atoms with E-state index in [2.05, 4.69) is 5.32 Å². The number of hydrogen-bond acceptors (Lipinski definition) is 3. The Morgan fingerprint density at radius 1 is 1.40 bits per heavy atom. The number of nitrogens with one attached hydrogen (secondary N) is 1. The van der Waals surface area contributed by atoms with Crippen molar-refractivity contribution in [3.05, 3.63) is 0 Å². The van der Waals surface area contributed by atoms with Gasteiger partial charge in [0.2, 0.25) is 5.91 Å². The van der Waals surface area contributed by atoms with Gasteiger partial charge in [0.1, 0.15) is 0 Å². The normalized spacial score (nSPS) is 19.9. The second-order valence-electron chi connectivity index (χ2n) is 4.32. The van der Waals surface area contributed by atoms with E-state index in [4.69, 9.17) is 10.5 Å². The summed E-state index contributed by atoms with van der Waals surface area (Å²) in [7, 11) is 1.66. The third-order valence-corrected chi connectivity index (χ3v) is 3.01. The first-order chi connectivity index (χ1) is 7.19. The SMILES string of the molecule is COCCCNC(=O)C1(N)CCCCC1. The second kappa shape index (κ2) is 6.08. The van der Waals surface area contributed by atoms with E-state index in [1.807, 2.05) is 0 Å². The van der Waals surface area contributed by atoms with E-state index in [9.17, 15) is 4.79 Å². The number of methoxy groups -OCH3 is 1. The van der Waals surface area contributed by atoms with Crippen molar-refractivity contribution in [3.8, 4) is 0 Å². The number of rotatable bonds is 5. The topological polar surface area (TPSA) is 64.3 Å². The second-order valence-corrected chi connectivity index (χ2v) is 4.32. The Bertz CT molecular complexity index is 201. The third-order valence-electron chi connectivity index (χ3n) is 3.01. The van der Waals surface area contributed by atoms with Gasteiger partial charge in [0, 0.05) is 20.3 Å². The number of amides is 1. The Labute approximate surface area is 91.5 Å². The van der Waals surface area contributed by atoms with Crippen molar-refractivity contribution in [1.82, 2.24) is 5.32 Å². The maximum atomic E-state index is 11.8. The molecule has 0 radical (unpaired) electrons. The highest BCUT2D eigenvalue weighted by atomic mass is 16.5. The Balaban J connectivity index is 2.25. The van der Waals surface area contributed by atoms with Crippen LogP contribution in [-0.4, -0.2) is 31.7 Å². The maximum Gasteiger partial charge on any atom is 0.240 e. The van der Waals surface area contributed by atoms with Gasteiger partial charge in [-0.2, -0.15) is 0 Å². The van der Waals surface area contributed by atoms with Gasteiger partial charge in [-0.15, -0.1) is 0 Å². The van der Waals surface area contributed by atoms with E-state index < -0.39 is 5.54 Å². The predicted molar refractivity (Wildman–Crippen MR) is 59.5 cm³/mol. The first-order valence-electron chi connectivity index (χ1n) is 5.75. The molecule has 88 valence electrons. The highest BCUT2D eigenvalue weighted by Gasteiger charge is 2.34. The van der Waals surface area contributed by atoms with Crippen LogP contribution in [-0.2, 0) is 9.53 Å². The minimum absolute atomic E-state index is 0.0123. The van der Waals surface area contributed by atoms with Crippen molar-refractivity contribution in [1.29, 1.82) is 0 Å². The molecule has 1 fully saturated rings. The molecule has 0 saturated heterocycles. The Hall–Kier alpha value is -0.610. The fraction of sp³-hybridized carbons (Fsp3) is 0.909. The average Bonchev–Trinajstić information content (AvgIpc) is 2.25. The first-order valence-corrected chi connectivity index (χ1v) is 5.75. The van der Waals surface area contributed by atoms with Crippen LogP contribution in [0.3, 0.4) is 0 Å². The maximum absolute atomic E-state index is 11.8. The fourth-order valence-corrected chi connectivity index (χ4v) is 2.00. The van der Waals surface area contributed by atoms with Crippen LogP contribution in [0.5, 0.6) is 0 Å². The Kier molecular flexibility index (Phi) is 5.05. The summed E-state index contributed by atoms with van der Waals surface area (Å²) in [4.78, 5) is 11.8. The van der Waals surface area contributed by atoms with Gasteiger partial charge in [-0.05, 0) is 19.3 Å². The minimum atomic E-state index is -0.606. The van der Waals surface area contributed by atoms with Crippen LogP contribution in [0.15, 0.2) is 0 Å². The molecule has 1 aliphatic rings. The van der Waals surface area contributed by atoms with Gasteiger partial charge >= 0.3 is 0 Å². The number of carbonyl (C=O) groups is 1. The van der Waals surface area contributed by atoms with E-state index in [1.54, 1.807) is 7.11 Å². The molecule has 0 aromatic rings. The summed E-state index contributed by atoms with van der Waals surface area (Å²) in [6.45, 7) is 1.34. The summed E-state index contributed by atoms with van der Waals surface area (Å²) in [5.74, 6) is 0.0123. The highest BCUT2D eigenvalue weighted by molar-refractivity contribution is 5.86. The largest absolute Gasteiger partial charge is 0.385 e. The van der Waals surface area contributed by atoms with Crippen LogP contribution in [0, 0.1) is 0 Å². The molecule has 3 N–H and O–H groups in total. The summed E-state index contributed by atoms with van der Waals surface area (Å²) in [6.07, 6.45) is 5.84. The standard InChI is InChI=1S/C11H22N2O2/c1-15-9-5-8-13-10(14)11(12)6-3-2-4-7-11/h2-9,12H2,1H3,(H,13,14). The quantitative estimate of drug-likeness (QED) is 0.665. The first kappa shape index (κ1) is 12.5. The molecule has 1 rings (SSSR count). The molecular formula is C11H22N2O2. The van der Waals surface area contributed by atoms with Gasteiger partial charge in [-0.3, -0.25) is 4.79 Å². The van der Waals surface area contributed by atoms with Gasteiger partial charge < -0.3 is 15.8 Å².